The zero-order chi connectivity index (χ0) is 18.4. The first-order valence-electron chi connectivity index (χ1n) is 8.13. The number of carbonyl (C=O) groups is 1. The number of nitrogens with one attached hydrogen (secondary N) is 1. The molecule has 0 saturated carbocycles. The number of amides is 1. The van der Waals surface area contributed by atoms with E-state index >= 15 is 0 Å². The molecule has 1 amide bonds. The van der Waals surface area contributed by atoms with Gasteiger partial charge in [0.15, 0.2) is 0 Å². The van der Waals surface area contributed by atoms with E-state index in [4.69, 9.17) is 0 Å². The molecule has 6 heteroatoms. The molecule has 0 aliphatic carbocycles. The molecule has 5 nitrogen and oxygen atoms in total. The molecule has 0 unspecified atom stereocenters. The van der Waals surface area contributed by atoms with Crippen molar-refractivity contribution in [1.82, 2.24) is 5.32 Å². The average Bonchev–Trinajstić information content (AvgIpc) is 2.54. The molecule has 134 valence electrons. The fourth-order valence-corrected chi connectivity index (χ4v) is 3.43. The van der Waals surface area contributed by atoms with Gasteiger partial charge in [-0.2, -0.15) is 0 Å². The minimum Gasteiger partial charge on any atom is -0.354 e. The van der Waals surface area contributed by atoms with Crippen LogP contribution in [-0.4, -0.2) is 33.7 Å². The van der Waals surface area contributed by atoms with Crippen LogP contribution in [0.25, 0.3) is 0 Å². The highest BCUT2D eigenvalue weighted by atomic mass is 32.2. The zero-order valence-electron chi connectivity index (χ0n) is 14.8. The van der Waals surface area contributed by atoms with Crippen LogP contribution in [0.1, 0.15) is 16.7 Å². The molecule has 0 heterocycles. The largest absolute Gasteiger partial charge is 0.354 e. The summed E-state index contributed by atoms with van der Waals surface area (Å²) in [7, 11) is -3.42. The smallest absolute Gasteiger partial charge is 0.232 e. The SMILES string of the molecule is Cc1ccc(N(CCNC(=O)Cc2ccccc2)S(C)(=O)=O)cc1C. The van der Waals surface area contributed by atoms with Crippen molar-refractivity contribution < 1.29 is 13.2 Å². The highest BCUT2D eigenvalue weighted by Crippen LogP contribution is 2.20. The summed E-state index contributed by atoms with van der Waals surface area (Å²) in [6.07, 6.45) is 1.46. The Morgan fingerprint density at radius 1 is 1.04 bits per heavy atom. The van der Waals surface area contributed by atoms with Crippen LogP contribution in [0.15, 0.2) is 48.5 Å². The third-order valence-electron chi connectivity index (χ3n) is 4.02. The van der Waals surface area contributed by atoms with Gasteiger partial charge in [-0.3, -0.25) is 9.10 Å². The third-order valence-corrected chi connectivity index (χ3v) is 5.22. The van der Waals surface area contributed by atoms with E-state index in [0.717, 1.165) is 16.7 Å². The molecule has 2 rings (SSSR count). The summed E-state index contributed by atoms with van der Waals surface area (Å²) < 4.78 is 25.5. The molecule has 0 spiro atoms. The van der Waals surface area contributed by atoms with Crippen molar-refractivity contribution in [2.45, 2.75) is 20.3 Å². The molecule has 0 bridgehead atoms. The first kappa shape index (κ1) is 19.0. The molecule has 0 radical (unpaired) electrons. The van der Waals surface area contributed by atoms with Crippen LogP contribution in [0.2, 0.25) is 0 Å². The number of nitrogens with zero attached hydrogens (tertiary/aromatic N) is 1. The van der Waals surface area contributed by atoms with Crippen molar-refractivity contribution in [2.75, 3.05) is 23.7 Å². The van der Waals surface area contributed by atoms with Crippen LogP contribution in [0.5, 0.6) is 0 Å². The van der Waals surface area contributed by atoms with Gasteiger partial charge in [0, 0.05) is 6.54 Å². The Bertz CT molecular complexity index is 833. The van der Waals surface area contributed by atoms with Gasteiger partial charge in [-0.1, -0.05) is 36.4 Å². The molecular weight excluding hydrogens is 336 g/mol. The molecule has 2 aromatic carbocycles. The third kappa shape index (κ3) is 5.60. The van der Waals surface area contributed by atoms with E-state index in [1.807, 2.05) is 56.3 Å². The number of carbonyl (C=O) groups excluding carboxylic acids is 1. The van der Waals surface area contributed by atoms with E-state index in [2.05, 4.69) is 5.32 Å². The minimum absolute atomic E-state index is 0.125. The Hall–Kier alpha value is -2.34. The lowest BCUT2D eigenvalue weighted by Gasteiger charge is -2.23. The molecule has 2 aromatic rings. The quantitative estimate of drug-likeness (QED) is 0.825. The summed E-state index contributed by atoms with van der Waals surface area (Å²) in [5, 5.41) is 2.78. The zero-order valence-corrected chi connectivity index (χ0v) is 15.6. The van der Waals surface area contributed by atoms with Gasteiger partial charge >= 0.3 is 0 Å². The van der Waals surface area contributed by atoms with E-state index in [1.165, 1.54) is 10.6 Å². The topological polar surface area (TPSA) is 66.5 Å². The number of benzene rings is 2. The number of hydrogen-bond donors (Lipinski definition) is 1. The molecule has 0 fully saturated rings. The van der Waals surface area contributed by atoms with Crippen LogP contribution in [0.4, 0.5) is 5.69 Å². The van der Waals surface area contributed by atoms with E-state index < -0.39 is 10.0 Å². The summed E-state index contributed by atoms with van der Waals surface area (Å²) >= 11 is 0. The lowest BCUT2D eigenvalue weighted by Crippen LogP contribution is -2.38. The number of aryl methyl sites for hydroxylation is 2. The van der Waals surface area contributed by atoms with Crippen LogP contribution >= 0.6 is 0 Å². The summed E-state index contributed by atoms with van der Waals surface area (Å²) in [4.78, 5) is 12.0. The van der Waals surface area contributed by atoms with Gasteiger partial charge in [-0.15, -0.1) is 0 Å². The van der Waals surface area contributed by atoms with Gasteiger partial charge < -0.3 is 5.32 Å². The first-order chi connectivity index (χ1) is 11.8. The molecule has 0 aliphatic heterocycles. The first-order valence-corrected chi connectivity index (χ1v) is 9.98. The van der Waals surface area contributed by atoms with Crippen LogP contribution < -0.4 is 9.62 Å². The summed E-state index contributed by atoms with van der Waals surface area (Å²) in [6, 6.07) is 15.0. The number of rotatable bonds is 7. The molecule has 0 aromatic heterocycles. The van der Waals surface area contributed by atoms with E-state index in [-0.39, 0.29) is 25.4 Å². The van der Waals surface area contributed by atoms with Crippen LogP contribution in [0.3, 0.4) is 0 Å². The van der Waals surface area contributed by atoms with E-state index in [0.29, 0.717) is 5.69 Å². The highest BCUT2D eigenvalue weighted by Gasteiger charge is 2.17. The van der Waals surface area contributed by atoms with Gasteiger partial charge in [0.2, 0.25) is 15.9 Å². The lowest BCUT2D eigenvalue weighted by molar-refractivity contribution is -0.120. The number of hydrogen-bond acceptors (Lipinski definition) is 3. The fourth-order valence-electron chi connectivity index (χ4n) is 2.51. The maximum absolute atomic E-state index is 12.1. The minimum atomic E-state index is -3.42. The Balaban J connectivity index is 1.99. The molecular formula is C19H24N2O3S. The van der Waals surface area contributed by atoms with Crippen molar-refractivity contribution in [1.29, 1.82) is 0 Å². The second kappa shape index (κ2) is 8.16. The standard InChI is InChI=1S/C19H24N2O3S/c1-15-9-10-18(13-16(15)2)21(25(3,23)24)12-11-20-19(22)14-17-7-5-4-6-8-17/h4-10,13H,11-12,14H2,1-3H3,(H,20,22). The Morgan fingerprint density at radius 3 is 2.32 bits per heavy atom. The van der Waals surface area contributed by atoms with Crippen molar-refractivity contribution in [3.63, 3.8) is 0 Å². The summed E-state index contributed by atoms with van der Waals surface area (Å²) in [5.74, 6) is -0.125. The van der Waals surface area contributed by atoms with E-state index in [1.54, 1.807) is 6.07 Å². The highest BCUT2D eigenvalue weighted by molar-refractivity contribution is 7.92. The van der Waals surface area contributed by atoms with Crippen molar-refractivity contribution >= 4 is 21.6 Å². The van der Waals surface area contributed by atoms with Gasteiger partial charge in [-0.05, 0) is 42.7 Å². The fraction of sp³-hybridized carbons (Fsp3) is 0.316. The van der Waals surface area contributed by atoms with Crippen molar-refractivity contribution in [3.8, 4) is 0 Å². The maximum Gasteiger partial charge on any atom is 0.232 e. The molecule has 0 atom stereocenters. The summed E-state index contributed by atoms with van der Waals surface area (Å²) in [6.45, 7) is 4.38. The second-order valence-electron chi connectivity index (χ2n) is 6.12. The average molecular weight is 360 g/mol. The Morgan fingerprint density at radius 2 is 1.72 bits per heavy atom. The van der Waals surface area contributed by atoms with E-state index in [9.17, 15) is 13.2 Å². The number of anilines is 1. The Kier molecular flexibility index (Phi) is 6.20. The van der Waals surface area contributed by atoms with Gasteiger partial charge in [0.25, 0.3) is 0 Å². The van der Waals surface area contributed by atoms with Crippen LogP contribution in [0, 0.1) is 13.8 Å². The second-order valence-corrected chi connectivity index (χ2v) is 8.02. The van der Waals surface area contributed by atoms with Crippen molar-refractivity contribution in [2.24, 2.45) is 0 Å². The van der Waals surface area contributed by atoms with Crippen molar-refractivity contribution in [3.05, 3.63) is 65.2 Å². The molecule has 0 aliphatic rings. The molecule has 1 N–H and O–H groups in total. The summed E-state index contributed by atoms with van der Waals surface area (Å²) in [5.41, 5.74) is 3.67. The monoisotopic (exact) mass is 360 g/mol. The lowest BCUT2D eigenvalue weighted by atomic mass is 10.1. The van der Waals surface area contributed by atoms with Gasteiger partial charge in [0.1, 0.15) is 0 Å². The maximum atomic E-state index is 12.1. The van der Waals surface area contributed by atoms with Gasteiger partial charge in [-0.25, -0.2) is 8.42 Å². The molecule has 0 saturated heterocycles. The predicted octanol–water partition coefficient (Wildman–Crippen LogP) is 2.43. The Labute approximate surface area is 149 Å². The number of sulfonamides is 1. The van der Waals surface area contributed by atoms with Gasteiger partial charge in [0.05, 0.1) is 24.9 Å². The molecule has 25 heavy (non-hydrogen) atoms. The normalized spacial score (nSPS) is 11.2. The predicted molar refractivity (Wildman–Crippen MR) is 101 cm³/mol. The van der Waals surface area contributed by atoms with Crippen LogP contribution in [-0.2, 0) is 21.2 Å².